The molecule has 1 aliphatic heterocycles. The molecule has 20 heavy (non-hydrogen) atoms. The Morgan fingerprint density at radius 3 is 2.55 bits per heavy atom. The summed E-state index contributed by atoms with van der Waals surface area (Å²) in [4.78, 5) is 16.1. The highest BCUT2D eigenvalue weighted by Crippen LogP contribution is 2.40. The van der Waals surface area contributed by atoms with Crippen molar-refractivity contribution in [2.45, 2.75) is 31.9 Å². The van der Waals surface area contributed by atoms with Crippen molar-refractivity contribution in [1.29, 1.82) is 0 Å². The average molecular weight is 297 g/mol. The van der Waals surface area contributed by atoms with Gasteiger partial charge in [-0.05, 0) is 19.8 Å². The molecule has 1 unspecified atom stereocenters. The van der Waals surface area contributed by atoms with Gasteiger partial charge in [-0.15, -0.1) is 11.3 Å². The van der Waals surface area contributed by atoms with Crippen molar-refractivity contribution in [1.82, 2.24) is 4.90 Å². The molecule has 0 amide bonds. The van der Waals surface area contributed by atoms with Crippen LogP contribution in [0.1, 0.15) is 30.7 Å². The number of nitro groups is 1. The molecule has 1 atom stereocenters. The number of hydrogen-bond acceptors (Lipinski definition) is 6. The van der Waals surface area contributed by atoms with Crippen LogP contribution in [0.3, 0.4) is 0 Å². The first-order valence-electron chi connectivity index (χ1n) is 7.01. The van der Waals surface area contributed by atoms with Gasteiger partial charge in [-0.2, -0.15) is 0 Å². The summed E-state index contributed by atoms with van der Waals surface area (Å²) >= 11 is 1.34. The first-order chi connectivity index (χ1) is 9.56. The van der Waals surface area contributed by atoms with Crippen molar-refractivity contribution in [2.24, 2.45) is 0 Å². The van der Waals surface area contributed by atoms with E-state index < -0.39 is 6.10 Å². The van der Waals surface area contributed by atoms with Crippen LogP contribution in [0.5, 0.6) is 0 Å². The fraction of sp³-hybridized carbons (Fsp3) is 0.692. The lowest BCUT2D eigenvalue weighted by Gasteiger charge is -2.35. The van der Waals surface area contributed by atoms with Crippen molar-refractivity contribution >= 4 is 22.0 Å². The van der Waals surface area contributed by atoms with Crippen LogP contribution in [0.4, 0.5) is 10.7 Å². The first-order valence-corrected chi connectivity index (χ1v) is 7.83. The predicted molar refractivity (Wildman–Crippen MR) is 78.4 cm³/mol. The molecule has 1 N–H and O–H groups in total. The second kappa shape index (κ2) is 5.31. The van der Waals surface area contributed by atoms with Crippen molar-refractivity contribution in [3.63, 3.8) is 0 Å². The molecule has 110 valence electrons. The maximum absolute atomic E-state index is 11.2. The van der Waals surface area contributed by atoms with E-state index in [1.807, 2.05) is 0 Å². The van der Waals surface area contributed by atoms with Gasteiger partial charge >= 0.3 is 5.69 Å². The van der Waals surface area contributed by atoms with Crippen LogP contribution in [0, 0.1) is 10.1 Å². The summed E-state index contributed by atoms with van der Waals surface area (Å²) in [5.74, 6) is 0. The van der Waals surface area contributed by atoms with Crippen LogP contribution in [0.15, 0.2) is 6.07 Å². The van der Waals surface area contributed by atoms with Gasteiger partial charge in [0.1, 0.15) is 0 Å². The number of rotatable bonds is 4. The van der Waals surface area contributed by atoms with Gasteiger partial charge in [-0.3, -0.25) is 15.0 Å². The molecular formula is C13H19N3O3S. The maximum Gasteiger partial charge on any atom is 0.304 e. The summed E-state index contributed by atoms with van der Waals surface area (Å²) in [6, 6.07) is 2.27. The molecule has 2 aliphatic rings. The second-order valence-corrected chi connectivity index (χ2v) is 6.59. The minimum absolute atomic E-state index is 0.130. The Hall–Kier alpha value is -1.18. The van der Waals surface area contributed by atoms with E-state index in [-0.39, 0.29) is 10.6 Å². The lowest BCUT2D eigenvalue weighted by molar-refractivity contribution is -0.383. The molecule has 0 radical (unpaired) electrons. The van der Waals surface area contributed by atoms with Crippen molar-refractivity contribution in [3.05, 3.63) is 21.1 Å². The lowest BCUT2D eigenvalue weighted by Crippen LogP contribution is -2.47. The summed E-state index contributed by atoms with van der Waals surface area (Å²) in [5, 5.41) is 21.5. The SMILES string of the molecule is CC(O)c1cc([N+](=O)[O-])c(N2CCN(C3CC3)CC2)s1. The molecule has 1 saturated carbocycles. The number of thiophene rings is 1. The van der Waals surface area contributed by atoms with Crippen molar-refractivity contribution in [3.8, 4) is 0 Å². The molecule has 2 heterocycles. The van der Waals surface area contributed by atoms with Gasteiger partial charge in [-0.25, -0.2) is 0 Å². The molecule has 1 aromatic heterocycles. The molecule has 1 saturated heterocycles. The number of nitrogens with zero attached hydrogens (tertiary/aromatic N) is 3. The van der Waals surface area contributed by atoms with Crippen molar-refractivity contribution in [2.75, 3.05) is 31.1 Å². The highest BCUT2D eigenvalue weighted by atomic mass is 32.1. The summed E-state index contributed by atoms with van der Waals surface area (Å²) in [6.45, 7) is 5.26. The largest absolute Gasteiger partial charge is 0.388 e. The van der Waals surface area contributed by atoms with E-state index in [9.17, 15) is 15.2 Å². The van der Waals surface area contributed by atoms with Gasteiger partial charge in [-0.1, -0.05) is 0 Å². The van der Waals surface area contributed by atoms with Gasteiger partial charge < -0.3 is 10.0 Å². The third kappa shape index (κ3) is 2.65. The predicted octanol–water partition coefficient (Wildman–Crippen LogP) is 1.99. The van der Waals surface area contributed by atoms with Crippen LogP contribution in [0.25, 0.3) is 0 Å². The zero-order chi connectivity index (χ0) is 14.3. The molecule has 0 bridgehead atoms. The lowest BCUT2D eigenvalue weighted by atomic mass is 10.3. The van der Waals surface area contributed by atoms with E-state index in [2.05, 4.69) is 9.80 Å². The summed E-state index contributed by atoms with van der Waals surface area (Å²) in [7, 11) is 0. The molecular weight excluding hydrogens is 278 g/mol. The van der Waals surface area contributed by atoms with Crippen LogP contribution in [0.2, 0.25) is 0 Å². The summed E-state index contributed by atoms with van der Waals surface area (Å²) in [6.07, 6.45) is 1.94. The smallest absolute Gasteiger partial charge is 0.304 e. The Morgan fingerprint density at radius 1 is 1.40 bits per heavy atom. The van der Waals surface area contributed by atoms with E-state index >= 15 is 0 Å². The fourth-order valence-corrected chi connectivity index (χ4v) is 3.80. The molecule has 0 aromatic carbocycles. The van der Waals surface area contributed by atoms with Gasteiger partial charge in [0.25, 0.3) is 0 Å². The van der Waals surface area contributed by atoms with Crippen LogP contribution in [-0.4, -0.2) is 47.2 Å². The van der Waals surface area contributed by atoms with Crippen molar-refractivity contribution < 1.29 is 10.0 Å². The van der Waals surface area contributed by atoms with Gasteiger partial charge in [0.2, 0.25) is 0 Å². The third-order valence-electron chi connectivity index (χ3n) is 3.99. The van der Waals surface area contributed by atoms with E-state index in [4.69, 9.17) is 0 Å². The Balaban J connectivity index is 1.77. The zero-order valence-electron chi connectivity index (χ0n) is 11.5. The highest BCUT2D eigenvalue weighted by Gasteiger charge is 2.33. The molecule has 6 nitrogen and oxygen atoms in total. The number of aliphatic hydroxyl groups excluding tert-OH is 1. The highest BCUT2D eigenvalue weighted by molar-refractivity contribution is 7.16. The molecule has 0 spiro atoms. The number of hydrogen-bond donors (Lipinski definition) is 1. The number of piperazine rings is 1. The van der Waals surface area contributed by atoms with Gasteiger partial charge in [0.15, 0.2) is 5.00 Å². The molecule has 1 aliphatic carbocycles. The van der Waals surface area contributed by atoms with Gasteiger partial charge in [0, 0.05) is 43.2 Å². The maximum atomic E-state index is 11.2. The zero-order valence-corrected chi connectivity index (χ0v) is 12.3. The van der Waals surface area contributed by atoms with Gasteiger partial charge in [0.05, 0.1) is 11.0 Å². The van der Waals surface area contributed by atoms with Crippen LogP contribution < -0.4 is 4.90 Å². The monoisotopic (exact) mass is 297 g/mol. The molecule has 7 heteroatoms. The summed E-state index contributed by atoms with van der Waals surface area (Å²) in [5.41, 5.74) is 0.130. The van der Waals surface area contributed by atoms with E-state index in [0.717, 1.165) is 32.2 Å². The Kier molecular flexibility index (Phi) is 3.66. The van der Waals surface area contributed by atoms with E-state index in [1.165, 1.54) is 30.2 Å². The minimum Gasteiger partial charge on any atom is -0.388 e. The third-order valence-corrected chi connectivity index (χ3v) is 5.34. The topological polar surface area (TPSA) is 69.8 Å². The van der Waals surface area contributed by atoms with E-state index in [0.29, 0.717) is 9.88 Å². The number of aliphatic hydroxyl groups is 1. The standard InChI is InChI=1S/C13H19N3O3S/c1-9(17)12-8-11(16(18)19)13(20-12)15-6-4-14(5-7-15)10-2-3-10/h8-10,17H,2-7H2,1H3. The average Bonchev–Trinajstić information content (AvgIpc) is 3.16. The number of anilines is 1. The normalized spacial score (nSPS) is 22.0. The fourth-order valence-electron chi connectivity index (χ4n) is 2.68. The second-order valence-electron chi connectivity index (χ2n) is 5.53. The Labute approximate surface area is 121 Å². The molecule has 2 fully saturated rings. The van der Waals surface area contributed by atoms with Crippen LogP contribution >= 0.6 is 11.3 Å². The molecule has 1 aromatic rings. The van der Waals surface area contributed by atoms with Crippen LogP contribution in [-0.2, 0) is 0 Å². The minimum atomic E-state index is -0.653. The first kappa shape index (κ1) is 13.8. The Bertz CT molecular complexity index is 505. The molecule has 3 rings (SSSR count). The summed E-state index contributed by atoms with van der Waals surface area (Å²) < 4.78 is 0. The quantitative estimate of drug-likeness (QED) is 0.680. The van der Waals surface area contributed by atoms with E-state index in [1.54, 1.807) is 6.92 Å². The Morgan fingerprint density at radius 2 is 2.05 bits per heavy atom.